The van der Waals surface area contributed by atoms with Crippen LogP contribution in [0.15, 0.2) is 48.8 Å². The van der Waals surface area contributed by atoms with Crippen molar-refractivity contribution in [3.63, 3.8) is 0 Å². The number of ether oxygens (including phenoxy) is 1. The Hall–Kier alpha value is -2.90. The first-order chi connectivity index (χ1) is 12.2. The normalized spacial score (nSPS) is 19.9. The summed E-state index contributed by atoms with van der Waals surface area (Å²) in [7, 11) is 1.66. The molecule has 0 saturated carbocycles. The van der Waals surface area contributed by atoms with Crippen LogP contribution in [0.25, 0.3) is 11.0 Å². The molecule has 7 nitrogen and oxygen atoms in total. The van der Waals surface area contributed by atoms with Gasteiger partial charge in [-0.2, -0.15) is 0 Å². The minimum atomic E-state index is -0.167. The number of fused-ring (bicyclic) bond motifs is 1. The number of imidazole rings is 1. The molecule has 0 radical (unpaired) electrons. The number of nitrogens with zero attached hydrogens (tertiary/aromatic N) is 1. The van der Waals surface area contributed by atoms with Crippen molar-refractivity contribution < 1.29 is 9.53 Å². The van der Waals surface area contributed by atoms with Gasteiger partial charge >= 0.3 is 0 Å². The summed E-state index contributed by atoms with van der Waals surface area (Å²) in [5.74, 6) is 0.704. The molecular formula is C18H19N5O2. The Bertz CT molecular complexity index is 907. The third-order valence-corrected chi connectivity index (χ3v) is 4.41. The van der Waals surface area contributed by atoms with Gasteiger partial charge in [0.25, 0.3) is 5.91 Å². The maximum Gasteiger partial charge on any atom is 0.252 e. The van der Waals surface area contributed by atoms with Crippen LogP contribution in [0.4, 0.5) is 0 Å². The fourth-order valence-corrected chi connectivity index (χ4v) is 3.13. The molecule has 25 heavy (non-hydrogen) atoms. The van der Waals surface area contributed by atoms with Crippen LogP contribution < -0.4 is 20.9 Å². The Morgan fingerprint density at radius 1 is 1.24 bits per heavy atom. The van der Waals surface area contributed by atoms with Crippen LogP contribution in [0.5, 0.6) is 5.75 Å². The highest BCUT2D eigenvalue weighted by molar-refractivity contribution is 5.97. The van der Waals surface area contributed by atoms with Crippen LogP contribution in [-0.2, 0) is 0 Å². The van der Waals surface area contributed by atoms with E-state index >= 15 is 0 Å². The molecule has 4 rings (SSSR count). The first-order valence-corrected chi connectivity index (χ1v) is 8.12. The zero-order valence-corrected chi connectivity index (χ0v) is 13.7. The molecule has 2 unspecified atom stereocenters. The highest BCUT2D eigenvalue weighted by Gasteiger charge is 2.28. The fraction of sp³-hybridized carbons (Fsp3) is 0.222. The van der Waals surface area contributed by atoms with Crippen molar-refractivity contribution in [1.29, 1.82) is 0 Å². The van der Waals surface area contributed by atoms with E-state index in [9.17, 15) is 4.79 Å². The van der Waals surface area contributed by atoms with Gasteiger partial charge in [-0.25, -0.2) is 15.8 Å². The molecule has 2 aromatic carbocycles. The van der Waals surface area contributed by atoms with E-state index in [4.69, 9.17) is 4.74 Å². The standard InChI is InChI=1S/C18H19N5O2/c1-25-16-5-3-2-4-12(16)14-9-17(23-22-14)21-18(24)11-6-7-13-15(8-11)20-10-19-13/h2-8,10,14,17,22-23H,9H2,1H3,(H,19,20)(H,21,24). The number of aromatic amines is 1. The van der Waals surface area contributed by atoms with Crippen molar-refractivity contribution in [2.45, 2.75) is 18.6 Å². The zero-order valence-electron chi connectivity index (χ0n) is 13.7. The number of hydrazine groups is 1. The molecule has 1 amide bonds. The SMILES string of the molecule is COc1ccccc1C1CC(NC(=O)c2ccc3nc[nH]c3c2)NN1. The third-order valence-electron chi connectivity index (χ3n) is 4.41. The Morgan fingerprint density at radius 2 is 2.12 bits per heavy atom. The van der Waals surface area contributed by atoms with E-state index in [0.717, 1.165) is 28.8 Å². The second-order valence-electron chi connectivity index (χ2n) is 5.98. The van der Waals surface area contributed by atoms with E-state index in [0.29, 0.717) is 5.56 Å². The summed E-state index contributed by atoms with van der Waals surface area (Å²) in [4.78, 5) is 19.7. The Morgan fingerprint density at radius 3 is 3.00 bits per heavy atom. The van der Waals surface area contributed by atoms with Gasteiger partial charge in [0.2, 0.25) is 0 Å². The minimum absolute atomic E-state index is 0.0662. The molecule has 128 valence electrons. The number of H-pyrrole nitrogens is 1. The number of benzene rings is 2. The number of nitrogens with one attached hydrogen (secondary N) is 4. The van der Waals surface area contributed by atoms with Gasteiger partial charge in [-0.1, -0.05) is 18.2 Å². The summed E-state index contributed by atoms with van der Waals surface area (Å²) in [5, 5.41) is 3.00. The van der Waals surface area contributed by atoms with Crippen LogP contribution in [0.1, 0.15) is 28.4 Å². The number of hydrogen-bond donors (Lipinski definition) is 4. The van der Waals surface area contributed by atoms with E-state index in [1.54, 1.807) is 25.6 Å². The lowest BCUT2D eigenvalue weighted by molar-refractivity contribution is 0.0932. The summed E-state index contributed by atoms with van der Waals surface area (Å²) in [6.07, 6.45) is 2.17. The van der Waals surface area contributed by atoms with Crippen molar-refractivity contribution in [3.05, 3.63) is 59.9 Å². The van der Waals surface area contributed by atoms with Gasteiger partial charge in [0, 0.05) is 17.5 Å². The number of amides is 1. The number of rotatable bonds is 4. The maximum atomic E-state index is 12.5. The maximum absolute atomic E-state index is 12.5. The van der Waals surface area contributed by atoms with Gasteiger partial charge in [0.1, 0.15) is 5.75 Å². The molecule has 7 heteroatoms. The molecule has 1 aromatic heterocycles. The first-order valence-electron chi connectivity index (χ1n) is 8.12. The minimum Gasteiger partial charge on any atom is -0.496 e. The quantitative estimate of drug-likeness (QED) is 0.583. The van der Waals surface area contributed by atoms with Gasteiger partial charge < -0.3 is 15.0 Å². The van der Waals surface area contributed by atoms with Crippen LogP contribution in [-0.4, -0.2) is 29.2 Å². The average Bonchev–Trinajstić information content (AvgIpc) is 3.30. The lowest BCUT2D eigenvalue weighted by Gasteiger charge is -2.14. The summed E-state index contributed by atoms with van der Waals surface area (Å²) in [6.45, 7) is 0. The highest BCUT2D eigenvalue weighted by Crippen LogP contribution is 2.29. The molecule has 1 fully saturated rings. The van der Waals surface area contributed by atoms with Crippen molar-refractivity contribution >= 4 is 16.9 Å². The Balaban J connectivity index is 1.44. The molecule has 0 bridgehead atoms. The number of hydrogen-bond acceptors (Lipinski definition) is 5. The molecule has 1 aliphatic heterocycles. The van der Waals surface area contributed by atoms with Gasteiger partial charge in [-0.05, 0) is 24.3 Å². The largest absolute Gasteiger partial charge is 0.496 e. The zero-order chi connectivity index (χ0) is 17.2. The third kappa shape index (κ3) is 3.07. The molecule has 1 saturated heterocycles. The fourth-order valence-electron chi connectivity index (χ4n) is 3.13. The molecule has 4 N–H and O–H groups in total. The highest BCUT2D eigenvalue weighted by atomic mass is 16.5. The van der Waals surface area contributed by atoms with E-state index in [1.165, 1.54) is 0 Å². The van der Waals surface area contributed by atoms with Gasteiger partial charge in [-0.3, -0.25) is 4.79 Å². The summed E-state index contributed by atoms with van der Waals surface area (Å²) < 4.78 is 5.41. The number of methoxy groups -OCH3 is 1. The number of carbonyl (C=O) groups excluding carboxylic acids is 1. The molecule has 0 spiro atoms. The topological polar surface area (TPSA) is 91.1 Å². The van der Waals surface area contributed by atoms with Crippen LogP contribution in [0.2, 0.25) is 0 Å². The first kappa shape index (κ1) is 15.6. The molecule has 0 aliphatic carbocycles. The van der Waals surface area contributed by atoms with Crippen LogP contribution in [0, 0.1) is 0 Å². The second kappa shape index (κ2) is 6.54. The van der Waals surface area contributed by atoms with Gasteiger partial charge in [0.15, 0.2) is 0 Å². The monoisotopic (exact) mass is 337 g/mol. The lowest BCUT2D eigenvalue weighted by Crippen LogP contribution is -2.44. The summed E-state index contributed by atoms with van der Waals surface area (Å²) in [5.41, 5.74) is 9.70. The van der Waals surface area contributed by atoms with E-state index in [-0.39, 0.29) is 18.1 Å². The number of carbonyl (C=O) groups is 1. The van der Waals surface area contributed by atoms with Crippen molar-refractivity contribution in [2.24, 2.45) is 0 Å². The lowest BCUT2D eigenvalue weighted by atomic mass is 10.0. The summed E-state index contributed by atoms with van der Waals surface area (Å²) in [6, 6.07) is 13.4. The second-order valence-corrected chi connectivity index (χ2v) is 5.98. The molecule has 2 heterocycles. The molecular weight excluding hydrogens is 318 g/mol. The molecule has 1 aliphatic rings. The van der Waals surface area contributed by atoms with Crippen LogP contribution >= 0.6 is 0 Å². The van der Waals surface area contributed by atoms with Crippen molar-refractivity contribution in [3.8, 4) is 5.75 Å². The van der Waals surface area contributed by atoms with E-state index < -0.39 is 0 Å². The van der Waals surface area contributed by atoms with Crippen molar-refractivity contribution in [2.75, 3.05) is 7.11 Å². The van der Waals surface area contributed by atoms with E-state index in [2.05, 4.69) is 26.1 Å². The van der Waals surface area contributed by atoms with E-state index in [1.807, 2.05) is 30.3 Å². The van der Waals surface area contributed by atoms with Crippen molar-refractivity contribution in [1.82, 2.24) is 26.1 Å². The van der Waals surface area contributed by atoms with Crippen LogP contribution in [0.3, 0.4) is 0 Å². The predicted octanol–water partition coefficient (Wildman–Crippen LogP) is 1.87. The molecule has 3 aromatic rings. The Kier molecular flexibility index (Phi) is 4.09. The average molecular weight is 337 g/mol. The predicted molar refractivity (Wildman–Crippen MR) is 94.0 cm³/mol. The Labute approximate surface area is 144 Å². The number of para-hydroxylation sites is 1. The van der Waals surface area contributed by atoms with Gasteiger partial charge in [0.05, 0.1) is 36.7 Å². The summed E-state index contributed by atoms with van der Waals surface area (Å²) >= 11 is 0. The smallest absolute Gasteiger partial charge is 0.252 e. The number of aromatic nitrogens is 2. The molecule has 2 atom stereocenters. The van der Waals surface area contributed by atoms with Gasteiger partial charge in [-0.15, -0.1) is 0 Å².